The standard InChI is InChI=1S/C19H36N4O2/c1-5-20-17(22-16-8-6-7-9-16)21-14-15-10-12-23(13-11-15)18(24)25-19(2,3)4/h15-16H,5-14H2,1-4H3,(H2,20,21,22). The molecule has 25 heavy (non-hydrogen) atoms. The molecule has 6 nitrogen and oxygen atoms in total. The summed E-state index contributed by atoms with van der Waals surface area (Å²) >= 11 is 0. The smallest absolute Gasteiger partial charge is 0.410 e. The Kier molecular flexibility index (Phi) is 7.38. The third kappa shape index (κ3) is 7.12. The van der Waals surface area contributed by atoms with Gasteiger partial charge in [-0.2, -0.15) is 0 Å². The van der Waals surface area contributed by atoms with E-state index in [4.69, 9.17) is 9.73 Å². The van der Waals surface area contributed by atoms with E-state index in [0.717, 1.165) is 45.0 Å². The van der Waals surface area contributed by atoms with E-state index >= 15 is 0 Å². The molecule has 0 spiro atoms. The third-order valence-electron chi connectivity index (χ3n) is 4.81. The molecule has 0 atom stereocenters. The minimum absolute atomic E-state index is 0.189. The average molecular weight is 353 g/mol. The number of aliphatic imine (C=N–C) groups is 1. The van der Waals surface area contributed by atoms with Crippen LogP contribution in [0, 0.1) is 5.92 Å². The first-order valence-corrected chi connectivity index (χ1v) is 9.90. The Labute approximate surface area is 152 Å². The van der Waals surface area contributed by atoms with Gasteiger partial charge in [0.25, 0.3) is 0 Å². The molecule has 2 rings (SSSR count). The lowest BCUT2D eigenvalue weighted by Gasteiger charge is -2.33. The molecule has 0 bridgehead atoms. The van der Waals surface area contributed by atoms with Crippen molar-refractivity contribution in [1.29, 1.82) is 0 Å². The van der Waals surface area contributed by atoms with Crippen molar-refractivity contribution in [3.8, 4) is 0 Å². The lowest BCUT2D eigenvalue weighted by atomic mass is 9.97. The maximum absolute atomic E-state index is 12.1. The second kappa shape index (κ2) is 9.30. The number of nitrogens with zero attached hydrogens (tertiary/aromatic N) is 2. The zero-order chi connectivity index (χ0) is 18.3. The van der Waals surface area contributed by atoms with E-state index in [0.29, 0.717) is 12.0 Å². The highest BCUT2D eigenvalue weighted by molar-refractivity contribution is 5.80. The fraction of sp³-hybridized carbons (Fsp3) is 0.895. The molecular weight excluding hydrogens is 316 g/mol. The fourth-order valence-corrected chi connectivity index (χ4v) is 3.43. The van der Waals surface area contributed by atoms with Crippen LogP contribution >= 0.6 is 0 Å². The summed E-state index contributed by atoms with van der Waals surface area (Å²) in [7, 11) is 0. The number of piperidine rings is 1. The number of nitrogens with one attached hydrogen (secondary N) is 2. The summed E-state index contributed by atoms with van der Waals surface area (Å²) in [4.78, 5) is 18.7. The highest BCUT2D eigenvalue weighted by Gasteiger charge is 2.26. The first-order valence-electron chi connectivity index (χ1n) is 9.90. The molecular formula is C19H36N4O2. The van der Waals surface area contributed by atoms with Crippen LogP contribution in [0.15, 0.2) is 4.99 Å². The lowest BCUT2D eigenvalue weighted by molar-refractivity contribution is 0.0187. The molecule has 0 aromatic carbocycles. The number of hydrogen-bond donors (Lipinski definition) is 2. The van der Waals surface area contributed by atoms with Crippen LogP contribution in [0.2, 0.25) is 0 Å². The highest BCUT2D eigenvalue weighted by atomic mass is 16.6. The maximum atomic E-state index is 12.1. The van der Waals surface area contributed by atoms with Crippen molar-refractivity contribution in [2.45, 2.75) is 77.9 Å². The number of likely N-dealkylation sites (tertiary alicyclic amines) is 1. The molecule has 1 heterocycles. The summed E-state index contributed by atoms with van der Waals surface area (Å²) in [5, 5.41) is 6.92. The minimum atomic E-state index is -0.426. The van der Waals surface area contributed by atoms with E-state index in [9.17, 15) is 4.79 Å². The zero-order valence-corrected chi connectivity index (χ0v) is 16.4. The number of rotatable bonds is 4. The van der Waals surface area contributed by atoms with Gasteiger partial charge >= 0.3 is 6.09 Å². The largest absolute Gasteiger partial charge is 0.444 e. The lowest BCUT2D eigenvalue weighted by Crippen LogP contribution is -2.44. The van der Waals surface area contributed by atoms with Crippen molar-refractivity contribution in [3.63, 3.8) is 0 Å². The van der Waals surface area contributed by atoms with Crippen molar-refractivity contribution in [3.05, 3.63) is 0 Å². The summed E-state index contributed by atoms with van der Waals surface area (Å²) in [5.41, 5.74) is -0.426. The summed E-state index contributed by atoms with van der Waals surface area (Å²) in [6.07, 6.45) is 6.93. The van der Waals surface area contributed by atoms with Crippen LogP contribution < -0.4 is 10.6 Å². The Balaban J connectivity index is 1.76. The Morgan fingerprint density at radius 3 is 2.36 bits per heavy atom. The molecule has 2 fully saturated rings. The van der Waals surface area contributed by atoms with Crippen LogP contribution in [0.3, 0.4) is 0 Å². The number of carbonyl (C=O) groups is 1. The number of hydrogen-bond acceptors (Lipinski definition) is 3. The van der Waals surface area contributed by atoms with Crippen molar-refractivity contribution in [1.82, 2.24) is 15.5 Å². The van der Waals surface area contributed by atoms with Crippen molar-refractivity contribution >= 4 is 12.1 Å². The molecule has 0 aromatic heterocycles. The van der Waals surface area contributed by atoms with Crippen LogP contribution in [0.25, 0.3) is 0 Å². The molecule has 2 N–H and O–H groups in total. The summed E-state index contributed by atoms with van der Waals surface area (Å²) in [5.74, 6) is 1.49. The van der Waals surface area contributed by atoms with Crippen LogP contribution in [0.1, 0.15) is 66.2 Å². The van der Waals surface area contributed by atoms with Crippen molar-refractivity contribution in [2.75, 3.05) is 26.2 Å². The average Bonchev–Trinajstić information content (AvgIpc) is 3.05. The predicted molar refractivity (Wildman–Crippen MR) is 102 cm³/mol. The molecule has 0 unspecified atom stereocenters. The van der Waals surface area contributed by atoms with Gasteiger partial charge in [-0.3, -0.25) is 4.99 Å². The van der Waals surface area contributed by atoms with E-state index < -0.39 is 5.60 Å². The van der Waals surface area contributed by atoms with E-state index in [-0.39, 0.29) is 6.09 Å². The summed E-state index contributed by atoms with van der Waals surface area (Å²) in [6.45, 7) is 11.1. The van der Waals surface area contributed by atoms with Crippen LogP contribution in [0.4, 0.5) is 4.79 Å². The van der Waals surface area contributed by atoms with Crippen molar-refractivity contribution < 1.29 is 9.53 Å². The van der Waals surface area contributed by atoms with Gasteiger partial charge in [0.2, 0.25) is 0 Å². The monoisotopic (exact) mass is 352 g/mol. The molecule has 1 saturated heterocycles. The number of amides is 1. The van der Waals surface area contributed by atoms with Gasteiger partial charge in [0, 0.05) is 32.2 Å². The molecule has 1 saturated carbocycles. The molecule has 2 aliphatic rings. The fourth-order valence-electron chi connectivity index (χ4n) is 3.43. The number of guanidine groups is 1. The van der Waals surface area contributed by atoms with E-state index in [2.05, 4.69) is 17.6 Å². The van der Waals surface area contributed by atoms with E-state index in [1.54, 1.807) is 0 Å². The second-order valence-corrected chi connectivity index (χ2v) is 8.26. The number of ether oxygens (including phenoxy) is 1. The molecule has 1 aliphatic heterocycles. The molecule has 1 amide bonds. The summed E-state index contributed by atoms with van der Waals surface area (Å²) < 4.78 is 5.46. The topological polar surface area (TPSA) is 66.0 Å². The first-order chi connectivity index (χ1) is 11.9. The van der Waals surface area contributed by atoms with Gasteiger partial charge in [0.15, 0.2) is 5.96 Å². The molecule has 1 aliphatic carbocycles. The Bertz CT molecular complexity index is 445. The van der Waals surface area contributed by atoms with Crippen LogP contribution in [0.5, 0.6) is 0 Å². The first kappa shape index (κ1) is 19.9. The van der Waals surface area contributed by atoms with Gasteiger partial charge in [-0.25, -0.2) is 4.79 Å². The van der Waals surface area contributed by atoms with Crippen LogP contribution in [-0.4, -0.2) is 54.8 Å². The van der Waals surface area contributed by atoms with Crippen molar-refractivity contribution in [2.24, 2.45) is 10.9 Å². The van der Waals surface area contributed by atoms with E-state index in [1.807, 2.05) is 25.7 Å². The summed E-state index contributed by atoms with van der Waals surface area (Å²) in [6, 6.07) is 0.576. The normalized spacial score (nSPS) is 20.6. The Morgan fingerprint density at radius 2 is 1.80 bits per heavy atom. The van der Waals surface area contributed by atoms with Gasteiger partial charge < -0.3 is 20.3 Å². The second-order valence-electron chi connectivity index (χ2n) is 8.26. The molecule has 6 heteroatoms. The maximum Gasteiger partial charge on any atom is 0.410 e. The van der Waals surface area contributed by atoms with Gasteiger partial charge in [-0.05, 0) is 59.3 Å². The molecule has 0 aromatic rings. The highest BCUT2D eigenvalue weighted by Crippen LogP contribution is 2.20. The SMILES string of the molecule is CCNC(=NCC1CCN(C(=O)OC(C)(C)C)CC1)NC1CCCC1. The third-order valence-corrected chi connectivity index (χ3v) is 4.81. The predicted octanol–water partition coefficient (Wildman–Crippen LogP) is 3.13. The van der Waals surface area contributed by atoms with Gasteiger partial charge in [-0.15, -0.1) is 0 Å². The van der Waals surface area contributed by atoms with Gasteiger partial charge in [0.05, 0.1) is 0 Å². The van der Waals surface area contributed by atoms with Gasteiger partial charge in [-0.1, -0.05) is 12.8 Å². The zero-order valence-electron chi connectivity index (χ0n) is 16.4. The Morgan fingerprint density at radius 1 is 1.16 bits per heavy atom. The minimum Gasteiger partial charge on any atom is -0.444 e. The van der Waals surface area contributed by atoms with E-state index in [1.165, 1.54) is 25.7 Å². The Hall–Kier alpha value is -1.46. The van der Waals surface area contributed by atoms with Crippen LogP contribution in [-0.2, 0) is 4.74 Å². The quantitative estimate of drug-likeness (QED) is 0.603. The number of carbonyl (C=O) groups excluding carboxylic acids is 1. The molecule has 144 valence electrons. The molecule has 0 radical (unpaired) electrons. The van der Waals surface area contributed by atoms with Gasteiger partial charge in [0.1, 0.15) is 5.60 Å².